The van der Waals surface area contributed by atoms with Crippen LogP contribution in [-0.4, -0.2) is 41.8 Å². The molecular formula is C23H28BrN3O4S. The zero-order valence-corrected chi connectivity index (χ0v) is 20.4. The number of rotatable bonds is 11. The van der Waals surface area contributed by atoms with Crippen molar-refractivity contribution in [2.75, 3.05) is 25.1 Å². The summed E-state index contributed by atoms with van der Waals surface area (Å²) in [6.45, 7) is 2.77. The minimum atomic E-state index is -0.389. The first-order valence-corrected chi connectivity index (χ1v) is 11.7. The van der Waals surface area contributed by atoms with Crippen molar-refractivity contribution in [3.63, 3.8) is 0 Å². The first-order chi connectivity index (χ1) is 15.5. The summed E-state index contributed by atoms with van der Waals surface area (Å²) < 4.78 is 6.46. The Morgan fingerprint density at radius 2 is 1.88 bits per heavy atom. The third-order valence-electron chi connectivity index (χ3n) is 4.49. The van der Waals surface area contributed by atoms with Gasteiger partial charge in [-0.05, 0) is 64.9 Å². The lowest BCUT2D eigenvalue weighted by molar-refractivity contribution is 0.0944. The molecule has 0 bridgehead atoms. The SMILES string of the molecule is CCCCCCOc1ccc(C(=O)NC(=S)Nc2ccccc2C(=O)NCCO)cc1Br. The molecule has 0 saturated heterocycles. The molecule has 0 fully saturated rings. The van der Waals surface area contributed by atoms with Crippen LogP contribution >= 0.6 is 28.1 Å². The number of hydrogen-bond donors (Lipinski definition) is 4. The molecule has 2 amide bonds. The maximum absolute atomic E-state index is 12.6. The molecule has 0 heterocycles. The average Bonchev–Trinajstić information content (AvgIpc) is 2.78. The predicted octanol–water partition coefficient (Wildman–Crippen LogP) is 4.26. The highest BCUT2D eigenvalue weighted by molar-refractivity contribution is 9.10. The molecule has 0 radical (unpaired) electrons. The number of thiocarbonyl (C=S) groups is 1. The van der Waals surface area contributed by atoms with Crippen LogP contribution in [0.4, 0.5) is 5.69 Å². The molecule has 0 atom stereocenters. The summed E-state index contributed by atoms with van der Waals surface area (Å²) in [6.07, 6.45) is 4.48. The second-order valence-corrected chi connectivity index (χ2v) is 8.25. The van der Waals surface area contributed by atoms with E-state index in [-0.39, 0.29) is 30.1 Å². The third-order valence-corrected chi connectivity index (χ3v) is 5.32. The molecule has 9 heteroatoms. The number of nitrogens with one attached hydrogen (secondary N) is 3. The van der Waals surface area contributed by atoms with Gasteiger partial charge < -0.3 is 20.5 Å². The Kier molecular flexibility index (Phi) is 11.1. The molecule has 7 nitrogen and oxygen atoms in total. The summed E-state index contributed by atoms with van der Waals surface area (Å²) in [4.78, 5) is 24.8. The standard InChI is InChI=1S/C23H28BrN3O4S/c1-2-3-4-7-14-31-20-11-10-16(15-18(20)24)21(29)27-23(32)26-19-9-6-5-8-17(19)22(30)25-12-13-28/h5-6,8-11,15,28H,2-4,7,12-14H2,1H3,(H,25,30)(H2,26,27,29,32). The Labute approximate surface area is 202 Å². The monoisotopic (exact) mass is 521 g/mol. The van der Waals surface area contributed by atoms with E-state index in [1.807, 2.05) is 0 Å². The van der Waals surface area contributed by atoms with E-state index in [0.717, 1.165) is 12.8 Å². The number of carbonyl (C=O) groups excluding carboxylic acids is 2. The number of hydrogen-bond acceptors (Lipinski definition) is 5. The van der Waals surface area contributed by atoms with Crippen LogP contribution in [-0.2, 0) is 0 Å². The second kappa shape index (κ2) is 13.8. The van der Waals surface area contributed by atoms with E-state index in [4.69, 9.17) is 22.1 Å². The Morgan fingerprint density at radius 1 is 1.09 bits per heavy atom. The van der Waals surface area contributed by atoms with Gasteiger partial charge in [-0.1, -0.05) is 38.3 Å². The van der Waals surface area contributed by atoms with Gasteiger partial charge in [0.2, 0.25) is 0 Å². The lowest BCUT2D eigenvalue weighted by Crippen LogP contribution is -2.35. The summed E-state index contributed by atoms with van der Waals surface area (Å²) in [7, 11) is 0. The summed E-state index contributed by atoms with van der Waals surface area (Å²) >= 11 is 8.69. The lowest BCUT2D eigenvalue weighted by Gasteiger charge is -2.14. The van der Waals surface area contributed by atoms with E-state index in [1.54, 1.807) is 42.5 Å². The lowest BCUT2D eigenvalue weighted by atomic mass is 10.1. The number of aliphatic hydroxyl groups excluding tert-OH is 1. The van der Waals surface area contributed by atoms with Crippen LogP contribution in [0.2, 0.25) is 0 Å². The fourth-order valence-electron chi connectivity index (χ4n) is 2.85. The van der Waals surface area contributed by atoms with E-state index in [2.05, 4.69) is 38.8 Å². The highest BCUT2D eigenvalue weighted by atomic mass is 79.9. The largest absolute Gasteiger partial charge is 0.492 e. The number of benzene rings is 2. The van der Waals surface area contributed by atoms with Crippen LogP contribution in [0.5, 0.6) is 5.75 Å². The van der Waals surface area contributed by atoms with Crippen molar-refractivity contribution < 1.29 is 19.4 Å². The topological polar surface area (TPSA) is 99.7 Å². The molecule has 4 N–H and O–H groups in total. The van der Waals surface area contributed by atoms with Crippen molar-refractivity contribution in [3.05, 3.63) is 58.1 Å². The van der Waals surface area contributed by atoms with Crippen molar-refractivity contribution in [2.24, 2.45) is 0 Å². The normalized spacial score (nSPS) is 10.3. The van der Waals surface area contributed by atoms with Crippen molar-refractivity contribution in [1.82, 2.24) is 10.6 Å². The maximum atomic E-state index is 12.6. The summed E-state index contributed by atoms with van der Waals surface area (Å²) in [5.41, 5.74) is 1.20. The molecule has 2 aromatic rings. The van der Waals surface area contributed by atoms with Crippen LogP contribution in [0.3, 0.4) is 0 Å². The van der Waals surface area contributed by atoms with Gasteiger partial charge in [-0.2, -0.15) is 0 Å². The quantitative estimate of drug-likeness (QED) is 0.260. The average molecular weight is 522 g/mol. The van der Waals surface area contributed by atoms with Crippen molar-refractivity contribution >= 4 is 50.8 Å². The van der Waals surface area contributed by atoms with E-state index >= 15 is 0 Å². The number of para-hydroxylation sites is 1. The fraction of sp³-hybridized carbons (Fsp3) is 0.348. The Bertz CT molecular complexity index is 939. The number of amides is 2. The fourth-order valence-corrected chi connectivity index (χ4v) is 3.55. The van der Waals surface area contributed by atoms with Gasteiger partial charge in [0.25, 0.3) is 11.8 Å². The molecule has 0 spiro atoms. The zero-order chi connectivity index (χ0) is 23.3. The Balaban J connectivity index is 1.95. The van der Waals surface area contributed by atoms with Crippen LogP contribution in [0.15, 0.2) is 46.9 Å². The molecule has 0 aromatic heterocycles. The number of anilines is 1. The Hall–Kier alpha value is -2.49. The number of aliphatic hydroxyl groups is 1. The van der Waals surface area contributed by atoms with Gasteiger partial charge in [-0.15, -0.1) is 0 Å². The van der Waals surface area contributed by atoms with Gasteiger partial charge in [0, 0.05) is 12.1 Å². The van der Waals surface area contributed by atoms with Crippen molar-refractivity contribution in [2.45, 2.75) is 32.6 Å². The molecule has 0 aliphatic heterocycles. The van der Waals surface area contributed by atoms with E-state index < -0.39 is 0 Å². The molecular weight excluding hydrogens is 494 g/mol. The Morgan fingerprint density at radius 3 is 2.59 bits per heavy atom. The minimum Gasteiger partial charge on any atom is -0.492 e. The van der Waals surface area contributed by atoms with E-state index in [9.17, 15) is 9.59 Å². The number of ether oxygens (including phenoxy) is 1. The van der Waals surface area contributed by atoms with Gasteiger partial charge in [-0.3, -0.25) is 14.9 Å². The van der Waals surface area contributed by atoms with Crippen molar-refractivity contribution in [1.29, 1.82) is 0 Å². The first kappa shape index (κ1) is 25.8. The summed E-state index contributed by atoms with van der Waals surface area (Å²) in [6, 6.07) is 11.8. The highest BCUT2D eigenvalue weighted by Gasteiger charge is 2.14. The molecule has 0 saturated carbocycles. The third kappa shape index (κ3) is 8.22. The van der Waals surface area contributed by atoms with Crippen LogP contribution in [0.25, 0.3) is 0 Å². The molecule has 0 unspecified atom stereocenters. The van der Waals surface area contributed by atoms with Gasteiger partial charge in [0.1, 0.15) is 5.75 Å². The molecule has 0 aliphatic rings. The predicted molar refractivity (Wildman–Crippen MR) is 133 cm³/mol. The van der Waals surface area contributed by atoms with E-state index in [0.29, 0.717) is 33.6 Å². The molecule has 32 heavy (non-hydrogen) atoms. The molecule has 2 rings (SSSR count). The molecule has 0 aliphatic carbocycles. The second-order valence-electron chi connectivity index (χ2n) is 6.99. The minimum absolute atomic E-state index is 0.0600. The van der Waals surface area contributed by atoms with Gasteiger partial charge >= 0.3 is 0 Å². The van der Waals surface area contributed by atoms with Gasteiger partial charge in [0.15, 0.2) is 5.11 Å². The van der Waals surface area contributed by atoms with Crippen LogP contribution in [0, 0.1) is 0 Å². The summed E-state index contributed by atoms with van der Waals surface area (Å²) in [5.74, 6) is -0.0630. The first-order valence-electron chi connectivity index (χ1n) is 10.5. The smallest absolute Gasteiger partial charge is 0.257 e. The van der Waals surface area contributed by atoms with Gasteiger partial charge in [0.05, 0.1) is 28.9 Å². The van der Waals surface area contributed by atoms with Crippen LogP contribution in [0.1, 0.15) is 53.3 Å². The molecule has 2 aromatic carbocycles. The molecule has 172 valence electrons. The number of halogens is 1. The van der Waals surface area contributed by atoms with E-state index in [1.165, 1.54) is 12.8 Å². The van der Waals surface area contributed by atoms with Crippen molar-refractivity contribution in [3.8, 4) is 5.75 Å². The van der Waals surface area contributed by atoms with Crippen LogP contribution < -0.4 is 20.7 Å². The number of unbranched alkanes of at least 4 members (excludes halogenated alkanes) is 3. The highest BCUT2D eigenvalue weighted by Crippen LogP contribution is 2.26. The van der Waals surface area contributed by atoms with Gasteiger partial charge in [-0.25, -0.2) is 0 Å². The summed E-state index contributed by atoms with van der Waals surface area (Å²) in [5, 5.41) is 17.0. The maximum Gasteiger partial charge on any atom is 0.257 e. The zero-order valence-electron chi connectivity index (χ0n) is 17.9. The number of carbonyl (C=O) groups is 2.